The molecule has 0 saturated heterocycles. The van der Waals surface area contributed by atoms with Gasteiger partial charge in [-0.3, -0.25) is 0 Å². The van der Waals surface area contributed by atoms with Crippen molar-refractivity contribution < 1.29 is 5.11 Å². The Morgan fingerprint density at radius 3 is 2.13 bits per heavy atom. The van der Waals surface area contributed by atoms with E-state index in [1.54, 1.807) is 18.3 Å². The van der Waals surface area contributed by atoms with Crippen molar-refractivity contribution in [2.45, 2.75) is 50.3 Å². The number of hydrogen-bond donors (Lipinski definition) is 2. The summed E-state index contributed by atoms with van der Waals surface area (Å²) in [5.41, 5.74) is 1.19. The van der Waals surface area contributed by atoms with E-state index in [0.29, 0.717) is 10.9 Å². The van der Waals surface area contributed by atoms with Gasteiger partial charge in [0.25, 0.3) is 0 Å². The van der Waals surface area contributed by atoms with Crippen molar-refractivity contribution in [3.63, 3.8) is 0 Å². The lowest BCUT2D eigenvalue weighted by molar-refractivity contribution is 0.121. The molecule has 1 aromatic carbocycles. The van der Waals surface area contributed by atoms with Gasteiger partial charge in [-0.15, -0.1) is 0 Å². The summed E-state index contributed by atoms with van der Waals surface area (Å²) in [6.45, 7) is 7.93. The number of benzene rings is 1. The van der Waals surface area contributed by atoms with Crippen LogP contribution in [0.1, 0.15) is 33.3 Å². The second-order valence-electron chi connectivity index (χ2n) is 6.69. The van der Waals surface area contributed by atoms with Gasteiger partial charge >= 0.3 is 0 Å². The minimum atomic E-state index is -1.58. The van der Waals surface area contributed by atoms with Crippen LogP contribution in [0, 0.1) is 0 Å². The Morgan fingerprint density at radius 1 is 1.04 bits per heavy atom. The monoisotopic (exact) mass is 300 g/mol. The second kappa shape index (κ2) is 6.01. The molecule has 1 heterocycles. The Labute approximate surface area is 143 Å². The number of aromatic amines is 1. The summed E-state index contributed by atoms with van der Waals surface area (Å²) in [6, 6.07) is 5.21. The summed E-state index contributed by atoms with van der Waals surface area (Å²) in [4.78, 5) is 4.92. The number of rotatable bonds is 5. The molecule has 2 rings (SSSR count). The predicted octanol–water partition coefficient (Wildman–Crippen LogP) is 1.47. The maximum Gasteiger partial charge on any atom is 0.125 e. The molecular weight excluding hydrogens is 279 g/mol. The van der Waals surface area contributed by atoms with E-state index in [4.69, 9.17) is 31.4 Å². The highest BCUT2D eigenvalue weighted by molar-refractivity contribution is 6.54. The molecule has 1 aromatic heterocycles. The Bertz CT molecular complexity index is 686. The van der Waals surface area contributed by atoms with Gasteiger partial charge < -0.3 is 15.0 Å². The number of fused-ring (bicyclic) bond motifs is 1. The van der Waals surface area contributed by atoms with E-state index in [-0.39, 0.29) is 17.8 Å². The summed E-state index contributed by atoms with van der Waals surface area (Å²) >= 11 is 0. The first kappa shape index (κ1) is 18.1. The van der Waals surface area contributed by atoms with E-state index in [0.717, 1.165) is 5.52 Å². The molecule has 7 heteroatoms. The summed E-state index contributed by atoms with van der Waals surface area (Å²) < 4.78 is 0. The fourth-order valence-electron chi connectivity index (χ4n) is 3.37. The number of aromatic nitrogens is 1. The van der Waals surface area contributed by atoms with Crippen LogP contribution in [0.5, 0.6) is 5.75 Å². The van der Waals surface area contributed by atoms with Crippen LogP contribution in [0.15, 0.2) is 24.4 Å². The molecule has 0 atom stereocenters. The highest BCUT2D eigenvalue weighted by atomic mass is 16.3. The van der Waals surface area contributed by atoms with Gasteiger partial charge in [-0.1, -0.05) is 16.6 Å². The first-order valence-corrected chi connectivity index (χ1v) is 7.75. The van der Waals surface area contributed by atoms with Crippen molar-refractivity contribution in [1.29, 1.82) is 0 Å². The number of nitrogens with zero attached hydrogens (tertiary/aromatic N) is 1. The van der Waals surface area contributed by atoms with Gasteiger partial charge in [-0.2, -0.15) is 0 Å². The minimum absolute atomic E-state index is 0.0373. The molecule has 0 saturated carbocycles. The number of nitrogens with one attached hydrogen (secondary N) is 1. The van der Waals surface area contributed by atoms with Crippen molar-refractivity contribution >= 4 is 42.3 Å². The topological polar surface area (TPSA) is 39.3 Å². The van der Waals surface area contributed by atoms with E-state index in [1.807, 2.05) is 38.7 Å². The Morgan fingerprint density at radius 2 is 1.61 bits per heavy atom. The van der Waals surface area contributed by atoms with Crippen molar-refractivity contribution in [2.24, 2.45) is 0 Å². The minimum Gasteiger partial charge on any atom is -0.507 e. The summed E-state index contributed by atoms with van der Waals surface area (Å²) in [5.74, 6) is 0.0791. The highest BCUT2D eigenvalue weighted by Crippen LogP contribution is 2.39. The Kier molecular flexibility index (Phi) is 4.74. The number of phenols is 1. The Hall–Kier alpha value is -1.22. The Balaban J connectivity index is 2.63. The van der Waals surface area contributed by atoms with Gasteiger partial charge in [0.05, 0.1) is 31.4 Å². The van der Waals surface area contributed by atoms with Crippen LogP contribution in [-0.4, -0.2) is 63.8 Å². The second-order valence-corrected chi connectivity index (χ2v) is 6.69. The van der Waals surface area contributed by atoms with Crippen LogP contribution >= 0.6 is 0 Å². The van der Waals surface area contributed by atoms with E-state index < -0.39 is 10.6 Å². The lowest BCUT2D eigenvalue weighted by atomic mass is 9.31. The van der Waals surface area contributed by atoms with Crippen LogP contribution in [-0.2, 0) is 5.21 Å². The number of hydrogen-bond acceptors (Lipinski definition) is 2. The first-order valence-electron chi connectivity index (χ1n) is 7.75. The molecule has 0 bridgehead atoms. The average molecular weight is 300 g/mol. The maximum absolute atomic E-state index is 10.2. The standard InChI is InChI=1S/C16H20B4N2O/c1-9(2)22(10(3)4)16(19,20)15(17,18)11-8-21-12-6-5-7-13(23)14(11)12/h5-10,21,23H,1-4H3. The molecule has 0 aliphatic carbocycles. The molecule has 2 N–H and O–H groups in total. The van der Waals surface area contributed by atoms with Gasteiger partial charge in [-0.05, 0) is 45.4 Å². The lowest BCUT2D eigenvalue weighted by Crippen LogP contribution is -2.68. The average Bonchev–Trinajstić information content (AvgIpc) is 2.82. The predicted molar refractivity (Wildman–Crippen MR) is 99.5 cm³/mol. The fraction of sp³-hybridized carbons (Fsp3) is 0.500. The van der Waals surface area contributed by atoms with E-state index in [1.165, 1.54) is 0 Å². The third kappa shape index (κ3) is 2.84. The lowest BCUT2D eigenvalue weighted by Gasteiger charge is -2.55. The van der Waals surface area contributed by atoms with Gasteiger partial charge in [0.1, 0.15) is 5.75 Å². The molecule has 2 aromatic rings. The van der Waals surface area contributed by atoms with Crippen LogP contribution in [0.25, 0.3) is 10.9 Å². The molecule has 0 fully saturated rings. The largest absolute Gasteiger partial charge is 0.507 e. The normalized spacial score (nSPS) is 13.5. The van der Waals surface area contributed by atoms with Crippen molar-refractivity contribution in [2.75, 3.05) is 0 Å². The summed E-state index contributed by atoms with van der Waals surface area (Å²) in [7, 11) is 25.7. The molecule has 0 aliphatic heterocycles. The first-order chi connectivity index (χ1) is 10.5. The molecule has 23 heavy (non-hydrogen) atoms. The van der Waals surface area contributed by atoms with Crippen molar-refractivity contribution in [3.8, 4) is 5.75 Å². The number of phenolic OH excluding ortho intramolecular Hbond substituents is 1. The van der Waals surface area contributed by atoms with Crippen LogP contribution in [0.2, 0.25) is 0 Å². The third-order valence-electron chi connectivity index (χ3n) is 4.33. The van der Waals surface area contributed by atoms with Crippen LogP contribution in [0.3, 0.4) is 0 Å². The third-order valence-corrected chi connectivity index (χ3v) is 4.33. The van der Waals surface area contributed by atoms with Crippen molar-refractivity contribution in [1.82, 2.24) is 9.88 Å². The molecule has 0 amide bonds. The van der Waals surface area contributed by atoms with E-state index in [9.17, 15) is 5.11 Å². The zero-order valence-electron chi connectivity index (χ0n) is 14.2. The smallest absolute Gasteiger partial charge is 0.125 e. The number of H-pyrrole nitrogens is 1. The quantitative estimate of drug-likeness (QED) is 0.821. The zero-order valence-corrected chi connectivity index (χ0v) is 14.2. The molecule has 0 unspecified atom stereocenters. The van der Waals surface area contributed by atoms with Gasteiger partial charge in [-0.25, -0.2) is 0 Å². The van der Waals surface area contributed by atoms with Crippen LogP contribution in [0.4, 0.5) is 0 Å². The molecule has 8 radical (unpaired) electrons. The summed E-state index contributed by atoms with van der Waals surface area (Å²) in [6.07, 6.45) is 1.65. The number of aromatic hydroxyl groups is 1. The molecule has 112 valence electrons. The SMILES string of the molecule is [B]C([B])(c1c[nH]c2cccc(O)c12)C([B])([B])N(C(C)C)C(C)C. The fourth-order valence-corrected chi connectivity index (χ4v) is 3.37. The van der Waals surface area contributed by atoms with Crippen molar-refractivity contribution in [3.05, 3.63) is 30.0 Å². The van der Waals surface area contributed by atoms with Gasteiger partial charge in [0.2, 0.25) is 0 Å². The van der Waals surface area contributed by atoms with Crippen LogP contribution < -0.4 is 0 Å². The molecule has 0 spiro atoms. The zero-order chi connectivity index (χ0) is 17.6. The highest BCUT2D eigenvalue weighted by Gasteiger charge is 2.43. The summed E-state index contributed by atoms with van der Waals surface area (Å²) in [5, 5.41) is 7.63. The molecular formula is C16H20B4N2O. The van der Waals surface area contributed by atoms with E-state index in [2.05, 4.69) is 4.98 Å². The molecule has 3 nitrogen and oxygen atoms in total. The molecule has 0 aliphatic rings. The van der Waals surface area contributed by atoms with Gasteiger partial charge in [0.15, 0.2) is 0 Å². The van der Waals surface area contributed by atoms with Gasteiger partial charge in [0, 0.05) is 29.2 Å². The van der Waals surface area contributed by atoms with E-state index >= 15 is 0 Å². The maximum atomic E-state index is 10.2.